The predicted molar refractivity (Wildman–Crippen MR) is 63.2 cm³/mol. The Labute approximate surface area is 110 Å². The Morgan fingerprint density at radius 2 is 2.17 bits per heavy atom. The number of rotatable bonds is 1. The van der Waals surface area contributed by atoms with Gasteiger partial charge in [-0.05, 0) is 28.4 Å². The number of H-pyrrole nitrogens is 1. The fraction of sp³-hybridized carbons (Fsp3) is 0.364. The Morgan fingerprint density at radius 3 is 2.61 bits per heavy atom. The van der Waals surface area contributed by atoms with Gasteiger partial charge in [0.15, 0.2) is 0 Å². The zero-order chi connectivity index (χ0) is 13.3. The summed E-state index contributed by atoms with van der Waals surface area (Å²) in [5.41, 5.74) is -0.190. The highest BCUT2D eigenvalue weighted by Crippen LogP contribution is 2.30. The summed E-state index contributed by atoms with van der Waals surface area (Å²) in [6.07, 6.45) is -1.77. The standard InChI is InChI=1S/C11H10BrF3N2O/c12-8-5-9(16-6-8)10(18)17-3-1-7(2-4-17)11(13,14)15/h1,5-6,16H,2-4H2. The molecule has 3 nitrogen and oxygen atoms in total. The second kappa shape index (κ2) is 4.79. The lowest BCUT2D eigenvalue weighted by molar-refractivity contribution is -0.0957. The van der Waals surface area contributed by atoms with Crippen molar-refractivity contribution in [3.8, 4) is 0 Å². The van der Waals surface area contributed by atoms with Gasteiger partial charge in [0.2, 0.25) is 0 Å². The highest BCUT2D eigenvalue weighted by atomic mass is 79.9. The Balaban J connectivity index is 2.06. The molecule has 0 radical (unpaired) electrons. The van der Waals surface area contributed by atoms with Gasteiger partial charge in [-0.1, -0.05) is 6.08 Å². The minimum Gasteiger partial charge on any atom is -0.356 e. The third-order valence-electron chi connectivity index (χ3n) is 2.74. The molecule has 1 aliphatic rings. The molecule has 0 fully saturated rings. The zero-order valence-corrected chi connectivity index (χ0v) is 10.8. The summed E-state index contributed by atoms with van der Waals surface area (Å²) in [6, 6.07) is 1.60. The van der Waals surface area contributed by atoms with Crippen LogP contribution in [0.5, 0.6) is 0 Å². The van der Waals surface area contributed by atoms with Crippen molar-refractivity contribution >= 4 is 21.8 Å². The zero-order valence-electron chi connectivity index (χ0n) is 9.22. The van der Waals surface area contributed by atoms with Crippen molar-refractivity contribution in [2.24, 2.45) is 0 Å². The average Bonchev–Trinajstić information content (AvgIpc) is 2.74. The van der Waals surface area contributed by atoms with Crippen molar-refractivity contribution in [3.63, 3.8) is 0 Å². The van der Waals surface area contributed by atoms with E-state index in [1.165, 1.54) is 4.90 Å². The van der Waals surface area contributed by atoms with Crippen LogP contribution in [0.3, 0.4) is 0 Å². The number of alkyl halides is 3. The van der Waals surface area contributed by atoms with Crippen molar-refractivity contribution < 1.29 is 18.0 Å². The first-order chi connectivity index (χ1) is 8.38. The highest BCUT2D eigenvalue weighted by molar-refractivity contribution is 9.10. The van der Waals surface area contributed by atoms with Crippen LogP contribution in [0.2, 0.25) is 0 Å². The van der Waals surface area contributed by atoms with Gasteiger partial charge in [-0.15, -0.1) is 0 Å². The van der Waals surface area contributed by atoms with Gasteiger partial charge in [0.25, 0.3) is 5.91 Å². The Morgan fingerprint density at radius 1 is 1.44 bits per heavy atom. The van der Waals surface area contributed by atoms with Crippen molar-refractivity contribution in [1.82, 2.24) is 9.88 Å². The lowest BCUT2D eigenvalue weighted by Crippen LogP contribution is -2.36. The van der Waals surface area contributed by atoms with Gasteiger partial charge in [0, 0.05) is 29.3 Å². The van der Waals surface area contributed by atoms with E-state index in [2.05, 4.69) is 20.9 Å². The molecule has 7 heteroatoms. The number of hydrogen-bond donors (Lipinski definition) is 1. The van der Waals surface area contributed by atoms with Gasteiger partial charge in [0.05, 0.1) is 0 Å². The monoisotopic (exact) mass is 322 g/mol. The molecule has 0 aromatic carbocycles. The third-order valence-corrected chi connectivity index (χ3v) is 3.20. The maximum absolute atomic E-state index is 12.4. The summed E-state index contributed by atoms with van der Waals surface area (Å²) in [4.78, 5) is 16.1. The number of halogens is 4. The summed E-state index contributed by atoms with van der Waals surface area (Å²) >= 11 is 3.20. The fourth-order valence-electron chi connectivity index (χ4n) is 1.77. The Kier molecular flexibility index (Phi) is 3.52. The second-order valence-electron chi connectivity index (χ2n) is 3.96. The highest BCUT2D eigenvalue weighted by Gasteiger charge is 2.35. The summed E-state index contributed by atoms with van der Waals surface area (Å²) in [5, 5.41) is 0. The van der Waals surface area contributed by atoms with Crippen LogP contribution in [-0.4, -0.2) is 35.1 Å². The topological polar surface area (TPSA) is 36.1 Å². The van der Waals surface area contributed by atoms with Gasteiger partial charge in [-0.3, -0.25) is 4.79 Å². The molecular formula is C11H10BrF3N2O. The van der Waals surface area contributed by atoms with Crippen molar-refractivity contribution in [2.45, 2.75) is 12.6 Å². The van der Waals surface area contributed by atoms with Crippen LogP contribution < -0.4 is 0 Å². The van der Waals surface area contributed by atoms with Crippen molar-refractivity contribution in [2.75, 3.05) is 13.1 Å². The lowest BCUT2D eigenvalue weighted by Gasteiger charge is -2.26. The smallest absolute Gasteiger partial charge is 0.356 e. The van der Waals surface area contributed by atoms with Crippen LogP contribution in [-0.2, 0) is 0 Å². The van der Waals surface area contributed by atoms with Crippen LogP contribution in [0, 0.1) is 0 Å². The first-order valence-electron chi connectivity index (χ1n) is 5.27. The molecule has 1 aliphatic heterocycles. The molecule has 0 spiro atoms. The summed E-state index contributed by atoms with van der Waals surface area (Å²) in [7, 11) is 0. The van der Waals surface area contributed by atoms with E-state index in [1.807, 2.05) is 0 Å². The third kappa shape index (κ3) is 2.77. The van der Waals surface area contributed by atoms with Crippen molar-refractivity contribution in [3.05, 3.63) is 34.1 Å². The molecule has 1 amide bonds. The number of hydrogen-bond acceptors (Lipinski definition) is 1. The van der Waals surface area contributed by atoms with Crippen LogP contribution in [0.4, 0.5) is 13.2 Å². The Hall–Kier alpha value is -1.24. The SMILES string of the molecule is O=C(c1cc(Br)c[nH]1)N1CC=C(C(F)(F)F)CC1. The van der Waals surface area contributed by atoms with Gasteiger partial charge in [0.1, 0.15) is 5.69 Å². The molecule has 2 rings (SSSR count). The van der Waals surface area contributed by atoms with E-state index in [9.17, 15) is 18.0 Å². The van der Waals surface area contributed by atoms with Gasteiger partial charge >= 0.3 is 6.18 Å². The van der Waals surface area contributed by atoms with Gasteiger partial charge in [-0.25, -0.2) is 0 Å². The second-order valence-corrected chi connectivity index (χ2v) is 4.88. The number of carbonyl (C=O) groups is 1. The molecule has 0 saturated heterocycles. The minimum absolute atomic E-state index is 0.00961. The maximum Gasteiger partial charge on any atom is 0.412 e. The maximum atomic E-state index is 12.4. The van der Waals surface area contributed by atoms with E-state index in [1.54, 1.807) is 12.3 Å². The number of amides is 1. The Bertz CT molecular complexity index is 493. The van der Waals surface area contributed by atoms with Crippen LogP contribution in [0.1, 0.15) is 16.9 Å². The number of aromatic amines is 1. The normalized spacial score (nSPS) is 16.7. The lowest BCUT2D eigenvalue weighted by atomic mass is 10.1. The van der Waals surface area contributed by atoms with E-state index in [4.69, 9.17) is 0 Å². The number of carbonyl (C=O) groups excluding carboxylic acids is 1. The van der Waals surface area contributed by atoms with Crippen LogP contribution >= 0.6 is 15.9 Å². The van der Waals surface area contributed by atoms with E-state index < -0.39 is 11.7 Å². The van der Waals surface area contributed by atoms with E-state index in [0.717, 1.165) is 10.5 Å². The molecular weight excluding hydrogens is 313 g/mol. The summed E-state index contributed by atoms with van der Waals surface area (Å²) in [6.45, 7) is 0.0745. The summed E-state index contributed by atoms with van der Waals surface area (Å²) < 4.78 is 38.0. The van der Waals surface area contributed by atoms with E-state index >= 15 is 0 Å². The molecule has 0 aliphatic carbocycles. The number of nitrogens with one attached hydrogen (secondary N) is 1. The molecule has 0 saturated carbocycles. The predicted octanol–water partition coefficient (Wildman–Crippen LogP) is 3.11. The molecule has 0 atom stereocenters. The van der Waals surface area contributed by atoms with Gasteiger partial charge in [-0.2, -0.15) is 13.2 Å². The largest absolute Gasteiger partial charge is 0.412 e. The van der Waals surface area contributed by atoms with E-state index in [-0.39, 0.29) is 25.4 Å². The first-order valence-corrected chi connectivity index (χ1v) is 6.06. The number of nitrogens with zero attached hydrogens (tertiary/aromatic N) is 1. The fourth-order valence-corrected chi connectivity index (χ4v) is 2.12. The van der Waals surface area contributed by atoms with Gasteiger partial charge < -0.3 is 9.88 Å². The molecule has 2 heterocycles. The molecule has 98 valence electrons. The van der Waals surface area contributed by atoms with Crippen LogP contribution in [0.25, 0.3) is 0 Å². The quantitative estimate of drug-likeness (QED) is 0.792. The van der Waals surface area contributed by atoms with E-state index in [0.29, 0.717) is 5.69 Å². The first kappa shape index (κ1) is 13.2. The molecule has 1 aromatic heterocycles. The van der Waals surface area contributed by atoms with Crippen molar-refractivity contribution in [1.29, 1.82) is 0 Å². The molecule has 1 aromatic rings. The average molecular weight is 323 g/mol. The minimum atomic E-state index is -4.29. The molecule has 1 N–H and O–H groups in total. The van der Waals surface area contributed by atoms with Crippen LogP contribution in [0.15, 0.2) is 28.4 Å². The molecule has 18 heavy (non-hydrogen) atoms. The summed E-state index contributed by atoms with van der Waals surface area (Å²) in [5.74, 6) is -0.293. The number of aromatic nitrogens is 1. The molecule has 0 bridgehead atoms. The molecule has 0 unspecified atom stereocenters.